The zero-order chi connectivity index (χ0) is 7.68. The van der Waals surface area contributed by atoms with Gasteiger partial charge in [-0.05, 0) is 17.7 Å². The summed E-state index contributed by atoms with van der Waals surface area (Å²) in [6.45, 7) is 5.96. The quantitative estimate of drug-likeness (QED) is 0.547. The van der Waals surface area contributed by atoms with Crippen molar-refractivity contribution in [3.05, 3.63) is 42.5 Å². The van der Waals surface area contributed by atoms with Gasteiger partial charge in [0.2, 0.25) is 0 Å². The molecule has 56 valence electrons. The fraction of sp³-hybridized carbons (Fsp3) is 0.200. The summed E-state index contributed by atoms with van der Waals surface area (Å²) in [6, 6.07) is 10.4. The number of nitrogens with zero attached hydrogens (tertiary/aromatic N) is 1. The van der Waals surface area contributed by atoms with Crippen LogP contribution in [0.3, 0.4) is 0 Å². The molecule has 11 heavy (non-hydrogen) atoms. The van der Waals surface area contributed by atoms with Crippen LogP contribution >= 0.6 is 0 Å². The van der Waals surface area contributed by atoms with Crippen LogP contribution in [0, 0.1) is 0 Å². The number of hydrogen-bond acceptors (Lipinski definition) is 1. The van der Waals surface area contributed by atoms with E-state index in [4.69, 9.17) is 0 Å². The van der Waals surface area contributed by atoms with Gasteiger partial charge in [-0.25, -0.2) is 0 Å². The van der Waals surface area contributed by atoms with Gasteiger partial charge in [0.15, 0.2) is 0 Å². The number of benzene rings is 1. The molecule has 0 N–H and O–H groups in total. The molecule has 0 aliphatic carbocycles. The molecule has 0 bridgehead atoms. The van der Waals surface area contributed by atoms with Crippen molar-refractivity contribution in [3.8, 4) is 0 Å². The second-order valence-electron chi connectivity index (χ2n) is 2.94. The lowest BCUT2D eigenvalue weighted by Gasteiger charge is -2.35. The van der Waals surface area contributed by atoms with Gasteiger partial charge in [0.1, 0.15) is 0 Å². The van der Waals surface area contributed by atoms with Crippen molar-refractivity contribution in [1.82, 2.24) is 0 Å². The fourth-order valence-electron chi connectivity index (χ4n) is 1.31. The molecule has 1 heterocycles. The Kier molecular flexibility index (Phi) is 1.42. The van der Waals surface area contributed by atoms with Gasteiger partial charge in [0.05, 0.1) is 0 Å². The lowest BCUT2D eigenvalue weighted by molar-refractivity contribution is 0.776. The van der Waals surface area contributed by atoms with Crippen LogP contribution in [-0.2, 0) is 0 Å². The summed E-state index contributed by atoms with van der Waals surface area (Å²) in [6.07, 6.45) is 0. The maximum Gasteiger partial charge on any atom is 0.0407 e. The summed E-state index contributed by atoms with van der Waals surface area (Å²) in [5.41, 5.74) is 2.63. The van der Waals surface area contributed by atoms with Crippen LogP contribution in [0.1, 0.15) is 0 Å². The van der Waals surface area contributed by atoms with Crippen LogP contribution in [0.15, 0.2) is 42.5 Å². The average Bonchev–Trinajstić information content (AvgIpc) is 2.01. The fourth-order valence-corrected chi connectivity index (χ4v) is 1.31. The van der Waals surface area contributed by atoms with E-state index in [1.807, 2.05) is 6.07 Å². The van der Waals surface area contributed by atoms with Gasteiger partial charge in [0, 0.05) is 18.8 Å². The number of hydrogen-bond donors (Lipinski definition) is 0. The van der Waals surface area contributed by atoms with Crippen molar-refractivity contribution < 1.29 is 0 Å². The molecular weight excluding hydrogens is 134 g/mol. The van der Waals surface area contributed by atoms with Crippen LogP contribution in [0.2, 0.25) is 0 Å². The summed E-state index contributed by atoms with van der Waals surface area (Å²) >= 11 is 0. The first-order chi connectivity index (χ1) is 5.36. The Hall–Kier alpha value is -1.24. The topological polar surface area (TPSA) is 3.24 Å². The van der Waals surface area contributed by atoms with Gasteiger partial charge in [-0.3, -0.25) is 0 Å². The Morgan fingerprint density at radius 3 is 2.27 bits per heavy atom. The van der Waals surface area contributed by atoms with E-state index in [9.17, 15) is 0 Å². The molecule has 1 nitrogen and oxygen atoms in total. The molecule has 2 rings (SSSR count). The molecule has 1 aliphatic heterocycles. The van der Waals surface area contributed by atoms with Crippen molar-refractivity contribution in [2.75, 3.05) is 18.0 Å². The highest BCUT2D eigenvalue weighted by molar-refractivity contribution is 5.52. The van der Waals surface area contributed by atoms with Gasteiger partial charge in [-0.2, -0.15) is 0 Å². The van der Waals surface area contributed by atoms with Crippen molar-refractivity contribution in [1.29, 1.82) is 0 Å². The van der Waals surface area contributed by atoms with E-state index < -0.39 is 0 Å². The molecule has 0 spiro atoms. The highest BCUT2D eigenvalue weighted by Crippen LogP contribution is 2.21. The van der Waals surface area contributed by atoms with E-state index >= 15 is 0 Å². The van der Waals surface area contributed by atoms with E-state index in [1.165, 1.54) is 11.3 Å². The van der Waals surface area contributed by atoms with Crippen LogP contribution in [-0.4, -0.2) is 13.1 Å². The minimum absolute atomic E-state index is 1.03. The van der Waals surface area contributed by atoms with Crippen molar-refractivity contribution in [2.24, 2.45) is 0 Å². The van der Waals surface area contributed by atoms with Gasteiger partial charge in [-0.1, -0.05) is 24.8 Å². The summed E-state index contributed by atoms with van der Waals surface area (Å²) in [7, 11) is 0. The SMILES string of the molecule is C=C1CN(c2ccccc2)C1. The maximum atomic E-state index is 3.89. The third-order valence-corrected chi connectivity index (χ3v) is 1.95. The Bertz CT molecular complexity index is 255. The van der Waals surface area contributed by atoms with E-state index in [0.717, 1.165) is 13.1 Å². The van der Waals surface area contributed by atoms with Crippen LogP contribution < -0.4 is 4.90 Å². The Labute approximate surface area is 67.0 Å². The first-order valence-electron chi connectivity index (χ1n) is 3.83. The molecule has 1 fully saturated rings. The lowest BCUT2D eigenvalue weighted by atomic mass is 10.1. The average molecular weight is 145 g/mol. The molecule has 1 aromatic rings. The molecule has 1 aliphatic rings. The van der Waals surface area contributed by atoms with Gasteiger partial charge < -0.3 is 4.90 Å². The van der Waals surface area contributed by atoms with Crippen LogP contribution in [0.5, 0.6) is 0 Å². The normalized spacial score (nSPS) is 16.4. The third-order valence-electron chi connectivity index (χ3n) is 1.95. The molecule has 0 amide bonds. The molecule has 0 saturated carbocycles. The summed E-state index contributed by atoms with van der Waals surface area (Å²) < 4.78 is 0. The van der Waals surface area contributed by atoms with E-state index in [-0.39, 0.29) is 0 Å². The first kappa shape index (κ1) is 6.47. The molecule has 0 radical (unpaired) electrons. The summed E-state index contributed by atoms with van der Waals surface area (Å²) in [4.78, 5) is 2.31. The van der Waals surface area contributed by atoms with Gasteiger partial charge >= 0.3 is 0 Å². The molecule has 1 heteroatoms. The van der Waals surface area contributed by atoms with E-state index in [0.29, 0.717) is 0 Å². The highest BCUT2D eigenvalue weighted by atomic mass is 15.2. The minimum Gasteiger partial charge on any atom is -0.363 e. The zero-order valence-corrected chi connectivity index (χ0v) is 6.46. The highest BCUT2D eigenvalue weighted by Gasteiger charge is 2.17. The Morgan fingerprint density at radius 2 is 1.73 bits per heavy atom. The number of anilines is 1. The van der Waals surface area contributed by atoms with Crippen LogP contribution in [0.25, 0.3) is 0 Å². The molecule has 0 unspecified atom stereocenters. The monoisotopic (exact) mass is 145 g/mol. The summed E-state index contributed by atoms with van der Waals surface area (Å²) in [5, 5.41) is 0. The largest absolute Gasteiger partial charge is 0.363 e. The van der Waals surface area contributed by atoms with Gasteiger partial charge in [0.25, 0.3) is 0 Å². The van der Waals surface area contributed by atoms with Crippen molar-refractivity contribution in [2.45, 2.75) is 0 Å². The van der Waals surface area contributed by atoms with Crippen molar-refractivity contribution in [3.63, 3.8) is 0 Å². The zero-order valence-electron chi connectivity index (χ0n) is 6.46. The first-order valence-corrected chi connectivity index (χ1v) is 3.83. The predicted octanol–water partition coefficient (Wildman–Crippen LogP) is 2.06. The minimum atomic E-state index is 1.03. The third kappa shape index (κ3) is 1.14. The van der Waals surface area contributed by atoms with Crippen molar-refractivity contribution >= 4 is 5.69 Å². The molecule has 1 aromatic carbocycles. The summed E-state index contributed by atoms with van der Waals surface area (Å²) in [5.74, 6) is 0. The molecular formula is C10H11N. The molecule has 0 atom stereocenters. The Balaban J connectivity index is 2.13. The van der Waals surface area contributed by atoms with Gasteiger partial charge in [-0.15, -0.1) is 0 Å². The second kappa shape index (κ2) is 2.42. The smallest absolute Gasteiger partial charge is 0.0407 e. The Morgan fingerprint density at radius 1 is 1.09 bits per heavy atom. The second-order valence-corrected chi connectivity index (χ2v) is 2.94. The maximum absolute atomic E-state index is 3.89. The van der Waals surface area contributed by atoms with Crippen LogP contribution in [0.4, 0.5) is 5.69 Å². The number of rotatable bonds is 1. The number of para-hydroxylation sites is 1. The molecule has 1 saturated heterocycles. The lowest BCUT2D eigenvalue weighted by Crippen LogP contribution is -2.39. The standard InChI is InChI=1S/C10H11N/c1-9-7-11(8-9)10-5-3-2-4-6-10/h2-6H,1,7-8H2. The van der Waals surface area contributed by atoms with E-state index in [2.05, 4.69) is 35.7 Å². The molecule has 0 aromatic heterocycles. The predicted molar refractivity (Wildman–Crippen MR) is 47.8 cm³/mol. The van der Waals surface area contributed by atoms with E-state index in [1.54, 1.807) is 0 Å².